The number of carbonyl (C=O) groups excluding carboxylic acids is 2. The second-order valence-electron chi connectivity index (χ2n) is 11.1. The van der Waals surface area contributed by atoms with Crippen LogP contribution in [0.25, 0.3) is 0 Å². The summed E-state index contributed by atoms with van der Waals surface area (Å²) in [5.41, 5.74) is 3.56. The molecule has 5 rings (SSSR count). The zero-order valence-electron chi connectivity index (χ0n) is 20.8. The first-order valence-corrected chi connectivity index (χ1v) is 13.1. The van der Waals surface area contributed by atoms with Gasteiger partial charge in [0.05, 0.1) is 0 Å². The minimum atomic E-state index is -0.482. The standard InChI is InChI=1S/C30H35NO4/c1-19(32)35-22-9-11-23-21(16-22)8-10-25-24(23)14-15-30(2)27(25)12-13-28(30)26(17-31)29(33)34-18-20-6-4-3-5-7-20/h3-8,22-25,27H,9-16,18H2,1-2H3/t22?,23-,24+,25+,27-,30-/m0/s1. The van der Waals surface area contributed by atoms with E-state index in [0.29, 0.717) is 23.7 Å². The predicted octanol–water partition coefficient (Wildman–Crippen LogP) is 6.05. The van der Waals surface area contributed by atoms with Crippen LogP contribution in [0.3, 0.4) is 0 Å². The van der Waals surface area contributed by atoms with Gasteiger partial charge in [-0.3, -0.25) is 4.79 Å². The van der Waals surface area contributed by atoms with Crippen LogP contribution in [0, 0.1) is 40.4 Å². The molecule has 5 nitrogen and oxygen atoms in total. The van der Waals surface area contributed by atoms with E-state index in [0.717, 1.165) is 62.5 Å². The second kappa shape index (κ2) is 9.64. The van der Waals surface area contributed by atoms with E-state index in [1.54, 1.807) is 0 Å². The lowest BCUT2D eigenvalue weighted by atomic mass is 9.52. The molecule has 0 amide bonds. The Labute approximate surface area is 208 Å². The van der Waals surface area contributed by atoms with Crippen molar-refractivity contribution < 1.29 is 19.1 Å². The highest BCUT2D eigenvalue weighted by Crippen LogP contribution is 2.63. The van der Waals surface area contributed by atoms with Gasteiger partial charge < -0.3 is 9.47 Å². The van der Waals surface area contributed by atoms with E-state index in [4.69, 9.17) is 9.47 Å². The summed E-state index contributed by atoms with van der Waals surface area (Å²) in [7, 11) is 0. The first kappa shape index (κ1) is 23.9. The number of rotatable bonds is 4. The predicted molar refractivity (Wildman–Crippen MR) is 132 cm³/mol. The number of nitriles is 1. The van der Waals surface area contributed by atoms with Crippen molar-refractivity contribution in [3.05, 3.63) is 58.7 Å². The van der Waals surface area contributed by atoms with Crippen molar-refractivity contribution in [2.45, 2.75) is 77.9 Å². The molecule has 1 unspecified atom stereocenters. The van der Waals surface area contributed by atoms with Gasteiger partial charge in [0.25, 0.3) is 0 Å². The van der Waals surface area contributed by atoms with Crippen LogP contribution in [0.1, 0.15) is 70.8 Å². The summed E-state index contributed by atoms with van der Waals surface area (Å²) in [5, 5.41) is 9.98. The van der Waals surface area contributed by atoms with Crippen LogP contribution in [0.5, 0.6) is 0 Å². The fraction of sp³-hybridized carbons (Fsp3) is 0.567. The van der Waals surface area contributed by atoms with E-state index >= 15 is 0 Å². The SMILES string of the molecule is CC(=O)OC1CC[C@H]2C(=CC[C@@H]3[C@@H]2CC[C@]2(C)C(=C(C#N)C(=O)OCc4ccccc4)CC[C@@H]32)C1. The highest BCUT2D eigenvalue weighted by Gasteiger charge is 2.55. The Morgan fingerprint density at radius 2 is 1.91 bits per heavy atom. The van der Waals surface area contributed by atoms with Crippen LogP contribution in [0.15, 0.2) is 53.1 Å². The average Bonchev–Trinajstić information content (AvgIpc) is 3.20. The largest absolute Gasteiger partial charge is 0.462 e. The van der Waals surface area contributed by atoms with Crippen molar-refractivity contribution in [3.8, 4) is 6.07 Å². The van der Waals surface area contributed by atoms with Gasteiger partial charge in [-0.05, 0) is 85.2 Å². The molecule has 3 fully saturated rings. The molecule has 0 N–H and O–H groups in total. The second-order valence-corrected chi connectivity index (χ2v) is 11.1. The summed E-state index contributed by atoms with van der Waals surface area (Å²) >= 11 is 0. The normalized spacial score (nSPS) is 34.9. The minimum absolute atomic E-state index is 0.0292. The third-order valence-electron chi connectivity index (χ3n) is 9.35. The molecule has 0 aliphatic heterocycles. The van der Waals surface area contributed by atoms with Crippen LogP contribution in [0.4, 0.5) is 0 Å². The van der Waals surface area contributed by atoms with Gasteiger partial charge in [-0.2, -0.15) is 5.26 Å². The fourth-order valence-corrected chi connectivity index (χ4v) is 7.82. The van der Waals surface area contributed by atoms with Gasteiger partial charge in [0, 0.05) is 13.3 Å². The molecule has 0 heterocycles. The van der Waals surface area contributed by atoms with Crippen LogP contribution in [-0.4, -0.2) is 18.0 Å². The van der Waals surface area contributed by atoms with Crippen molar-refractivity contribution in [1.82, 2.24) is 0 Å². The summed E-state index contributed by atoms with van der Waals surface area (Å²) in [6, 6.07) is 11.8. The van der Waals surface area contributed by atoms with Crippen LogP contribution >= 0.6 is 0 Å². The topological polar surface area (TPSA) is 76.4 Å². The number of benzene rings is 1. The molecule has 1 aromatic rings. The van der Waals surface area contributed by atoms with Gasteiger partial charge in [0.15, 0.2) is 0 Å². The smallest absolute Gasteiger partial charge is 0.349 e. The molecular weight excluding hydrogens is 438 g/mol. The Kier molecular flexibility index (Phi) is 6.57. The Bertz CT molecular complexity index is 1100. The van der Waals surface area contributed by atoms with Gasteiger partial charge >= 0.3 is 11.9 Å². The van der Waals surface area contributed by atoms with Gasteiger partial charge in [-0.25, -0.2) is 4.79 Å². The number of carbonyl (C=O) groups is 2. The van der Waals surface area contributed by atoms with Crippen molar-refractivity contribution in [2.75, 3.05) is 0 Å². The molecule has 4 aliphatic carbocycles. The van der Waals surface area contributed by atoms with E-state index < -0.39 is 5.97 Å². The molecule has 5 heteroatoms. The fourth-order valence-electron chi connectivity index (χ4n) is 7.82. The monoisotopic (exact) mass is 473 g/mol. The quantitative estimate of drug-likeness (QED) is 0.230. The van der Waals surface area contributed by atoms with Crippen LogP contribution in [0.2, 0.25) is 0 Å². The van der Waals surface area contributed by atoms with E-state index in [-0.39, 0.29) is 29.7 Å². The maximum Gasteiger partial charge on any atom is 0.349 e. The lowest BCUT2D eigenvalue weighted by molar-refractivity contribution is -0.147. The molecule has 6 atom stereocenters. The number of esters is 2. The molecule has 0 saturated heterocycles. The molecule has 3 saturated carbocycles. The zero-order valence-corrected chi connectivity index (χ0v) is 20.8. The summed E-state index contributed by atoms with van der Waals surface area (Å²) < 4.78 is 11.1. The van der Waals surface area contributed by atoms with Gasteiger partial charge in [-0.15, -0.1) is 0 Å². The van der Waals surface area contributed by atoms with Gasteiger partial charge in [-0.1, -0.05) is 48.9 Å². The molecule has 1 aromatic carbocycles. The molecule has 4 aliphatic rings. The molecule has 0 bridgehead atoms. The average molecular weight is 474 g/mol. The Hall–Kier alpha value is -2.87. The maximum absolute atomic E-state index is 13.0. The molecule has 0 spiro atoms. The highest BCUT2D eigenvalue weighted by molar-refractivity contribution is 5.94. The Morgan fingerprint density at radius 3 is 2.66 bits per heavy atom. The number of hydrogen-bond acceptors (Lipinski definition) is 5. The van der Waals surface area contributed by atoms with Crippen LogP contribution in [-0.2, 0) is 25.7 Å². The number of nitrogens with zero attached hydrogens (tertiary/aromatic N) is 1. The third-order valence-corrected chi connectivity index (χ3v) is 9.35. The van der Waals surface area contributed by atoms with Crippen molar-refractivity contribution in [1.29, 1.82) is 5.26 Å². The summed E-state index contributed by atoms with van der Waals surface area (Å²) in [5.74, 6) is 1.66. The van der Waals surface area contributed by atoms with Crippen LogP contribution < -0.4 is 0 Å². The first-order valence-electron chi connectivity index (χ1n) is 13.1. The summed E-state index contributed by atoms with van der Waals surface area (Å²) in [6.07, 6.45) is 10.4. The first-order chi connectivity index (χ1) is 16.9. The minimum Gasteiger partial charge on any atom is -0.462 e. The summed E-state index contributed by atoms with van der Waals surface area (Å²) in [4.78, 5) is 24.4. The van der Waals surface area contributed by atoms with E-state index in [2.05, 4.69) is 19.1 Å². The summed E-state index contributed by atoms with van der Waals surface area (Å²) in [6.45, 7) is 3.97. The maximum atomic E-state index is 13.0. The van der Waals surface area contributed by atoms with Crippen molar-refractivity contribution >= 4 is 11.9 Å². The molecule has 184 valence electrons. The zero-order chi connectivity index (χ0) is 24.6. The van der Waals surface area contributed by atoms with E-state index in [1.165, 1.54) is 12.5 Å². The molecule has 0 aromatic heterocycles. The van der Waals surface area contributed by atoms with E-state index in [1.807, 2.05) is 30.3 Å². The third kappa shape index (κ3) is 4.44. The lowest BCUT2D eigenvalue weighted by Crippen LogP contribution is -2.45. The highest BCUT2D eigenvalue weighted by atomic mass is 16.5. The van der Waals surface area contributed by atoms with Crippen molar-refractivity contribution in [3.63, 3.8) is 0 Å². The number of allylic oxidation sites excluding steroid dienone is 2. The number of fused-ring (bicyclic) bond motifs is 5. The lowest BCUT2D eigenvalue weighted by Gasteiger charge is -2.52. The molecule has 0 radical (unpaired) electrons. The Morgan fingerprint density at radius 1 is 1.11 bits per heavy atom. The number of ether oxygens (including phenoxy) is 2. The number of hydrogen-bond donors (Lipinski definition) is 0. The van der Waals surface area contributed by atoms with Crippen molar-refractivity contribution in [2.24, 2.45) is 29.1 Å². The molecular formula is C30H35NO4. The molecule has 35 heavy (non-hydrogen) atoms. The Balaban J connectivity index is 1.33. The van der Waals surface area contributed by atoms with Gasteiger partial charge in [0.1, 0.15) is 24.4 Å². The van der Waals surface area contributed by atoms with E-state index in [9.17, 15) is 14.9 Å². The van der Waals surface area contributed by atoms with Gasteiger partial charge in [0.2, 0.25) is 0 Å².